The number of rotatable bonds is 6. The summed E-state index contributed by atoms with van der Waals surface area (Å²) in [6, 6.07) is 13.2. The normalized spacial score (nSPS) is 10.7. The van der Waals surface area contributed by atoms with Gasteiger partial charge in [-0.1, -0.05) is 18.2 Å². The summed E-state index contributed by atoms with van der Waals surface area (Å²) >= 11 is 0. The topological polar surface area (TPSA) is 103 Å². The second-order valence-corrected chi connectivity index (χ2v) is 6.41. The number of hydrogen-bond donors (Lipinski definition) is 2. The van der Waals surface area contributed by atoms with Crippen LogP contribution in [0.4, 0.5) is 11.8 Å². The largest absolute Gasteiger partial charge is 0.357 e. The Labute approximate surface area is 167 Å². The van der Waals surface area contributed by atoms with E-state index in [2.05, 4.69) is 30.8 Å². The van der Waals surface area contributed by atoms with Crippen molar-refractivity contribution < 1.29 is 4.79 Å². The van der Waals surface area contributed by atoms with Gasteiger partial charge in [0.15, 0.2) is 0 Å². The first kappa shape index (κ1) is 18.4. The average molecular weight is 388 g/mol. The van der Waals surface area contributed by atoms with Gasteiger partial charge in [0.05, 0.1) is 23.8 Å². The highest BCUT2D eigenvalue weighted by Gasteiger charge is 2.12. The van der Waals surface area contributed by atoms with Gasteiger partial charge in [-0.2, -0.15) is 10.2 Å². The van der Waals surface area contributed by atoms with E-state index in [9.17, 15) is 4.79 Å². The second-order valence-electron chi connectivity index (χ2n) is 6.41. The Morgan fingerprint density at radius 2 is 1.93 bits per heavy atom. The molecule has 0 atom stereocenters. The van der Waals surface area contributed by atoms with Crippen molar-refractivity contribution in [2.24, 2.45) is 0 Å². The quantitative estimate of drug-likeness (QED) is 0.526. The van der Waals surface area contributed by atoms with Gasteiger partial charge in [-0.05, 0) is 25.1 Å². The zero-order valence-corrected chi connectivity index (χ0v) is 16.1. The number of para-hydroxylation sites is 1. The van der Waals surface area contributed by atoms with Crippen molar-refractivity contribution in [3.05, 3.63) is 66.7 Å². The Hall–Kier alpha value is -4.01. The fourth-order valence-electron chi connectivity index (χ4n) is 2.91. The Balaban J connectivity index is 1.47. The van der Waals surface area contributed by atoms with E-state index in [0.717, 1.165) is 22.6 Å². The molecule has 29 heavy (non-hydrogen) atoms. The first-order chi connectivity index (χ1) is 14.1. The van der Waals surface area contributed by atoms with Crippen molar-refractivity contribution >= 4 is 17.7 Å². The van der Waals surface area contributed by atoms with Gasteiger partial charge in [-0.15, -0.1) is 0 Å². The summed E-state index contributed by atoms with van der Waals surface area (Å²) in [6.07, 6.45) is 5.11. The Morgan fingerprint density at radius 3 is 2.72 bits per heavy atom. The first-order valence-electron chi connectivity index (χ1n) is 9.08. The third-order valence-electron chi connectivity index (χ3n) is 4.22. The molecular weight excluding hydrogens is 368 g/mol. The van der Waals surface area contributed by atoms with Gasteiger partial charge in [0.2, 0.25) is 11.9 Å². The maximum absolute atomic E-state index is 12.5. The Morgan fingerprint density at radius 1 is 1.10 bits per heavy atom. The standard InChI is InChI=1S/C20H20N8O/c1-14-10-17(25-20(21-2)24-14)15-11-23-27(12-15)13-19(29)26-18-8-9-22-28(18)16-6-4-3-5-7-16/h3-12H,13H2,1-2H3,(H,26,29)(H,21,24,25). The first-order valence-corrected chi connectivity index (χ1v) is 9.08. The van der Waals surface area contributed by atoms with Gasteiger partial charge in [-0.3, -0.25) is 9.48 Å². The van der Waals surface area contributed by atoms with Crippen LogP contribution in [0.3, 0.4) is 0 Å². The molecule has 2 N–H and O–H groups in total. The maximum Gasteiger partial charge on any atom is 0.247 e. The molecule has 4 rings (SSSR count). The smallest absolute Gasteiger partial charge is 0.247 e. The third-order valence-corrected chi connectivity index (χ3v) is 4.22. The minimum atomic E-state index is -0.202. The number of aromatic nitrogens is 6. The number of hydrogen-bond acceptors (Lipinski definition) is 6. The summed E-state index contributed by atoms with van der Waals surface area (Å²) in [5.41, 5.74) is 3.28. The number of nitrogens with one attached hydrogen (secondary N) is 2. The number of anilines is 2. The van der Waals surface area contributed by atoms with Crippen molar-refractivity contribution in [3.8, 4) is 16.9 Å². The van der Waals surface area contributed by atoms with E-state index in [1.165, 1.54) is 0 Å². The number of aryl methyl sites for hydroxylation is 1. The fourth-order valence-corrected chi connectivity index (χ4v) is 2.91. The Kier molecular flexibility index (Phi) is 5.02. The van der Waals surface area contributed by atoms with Crippen molar-refractivity contribution in [1.29, 1.82) is 0 Å². The molecule has 4 aromatic rings. The highest BCUT2D eigenvalue weighted by molar-refractivity contribution is 5.90. The number of carbonyl (C=O) groups excluding carboxylic acids is 1. The van der Waals surface area contributed by atoms with Gasteiger partial charge in [0.25, 0.3) is 0 Å². The fraction of sp³-hybridized carbons (Fsp3) is 0.150. The van der Waals surface area contributed by atoms with Crippen LogP contribution in [0.1, 0.15) is 5.69 Å². The number of amides is 1. The summed E-state index contributed by atoms with van der Waals surface area (Å²) in [7, 11) is 1.77. The molecule has 0 unspecified atom stereocenters. The van der Waals surface area contributed by atoms with Crippen LogP contribution in [0.2, 0.25) is 0 Å². The van der Waals surface area contributed by atoms with E-state index in [1.807, 2.05) is 43.3 Å². The molecule has 1 aromatic carbocycles. The van der Waals surface area contributed by atoms with E-state index < -0.39 is 0 Å². The lowest BCUT2D eigenvalue weighted by Gasteiger charge is -2.09. The minimum absolute atomic E-state index is 0.0723. The van der Waals surface area contributed by atoms with E-state index in [0.29, 0.717) is 11.8 Å². The zero-order chi connectivity index (χ0) is 20.2. The molecule has 0 bridgehead atoms. The van der Waals surface area contributed by atoms with Gasteiger partial charge in [0, 0.05) is 30.6 Å². The molecule has 9 nitrogen and oxygen atoms in total. The SMILES string of the molecule is CNc1nc(C)cc(-c2cnn(CC(=O)Nc3ccnn3-c3ccccc3)c2)n1. The predicted molar refractivity (Wildman–Crippen MR) is 110 cm³/mol. The lowest BCUT2D eigenvalue weighted by Crippen LogP contribution is -2.20. The van der Waals surface area contributed by atoms with Crippen molar-refractivity contribution in [2.45, 2.75) is 13.5 Å². The molecule has 0 saturated carbocycles. The van der Waals surface area contributed by atoms with Crippen molar-refractivity contribution in [3.63, 3.8) is 0 Å². The lowest BCUT2D eigenvalue weighted by atomic mass is 10.2. The molecule has 3 aromatic heterocycles. The van der Waals surface area contributed by atoms with Gasteiger partial charge < -0.3 is 10.6 Å². The zero-order valence-electron chi connectivity index (χ0n) is 16.1. The van der Waals surface area contributed by atoms with E-state index in [4.69, 9.17) is 0 Å². The van der Waals surface area contributed by atoms with Crippen LogP contribution < -0.4 is 10.6 Å². The van der Waals surface area contributed by atoms with Crippen LogP contribution in [-0.4, -0.2) is 42.5 Å². The predicted octanol–water partition coefficient (Wildman–Crippen LogP) is 2.51. The van der Waals surface area contributed by atoms with Crippen LogP contribution in [0, 0.1) is 6.92 Å². The van der Waals surface area contributed by atoms with Crippen LogP contribution >= 0.6 is 0 Å². The lowest BCUT2D eigenvalue weighted by molar-refractivity contribution is -0.116. The molecule has 9 heteroatoms. The maximum atomic E-state index is 12.5. The van der Waals surface area contributed by atoms with Gasteiger partial charge in [-0.25, -0.2) is 14.6 Å². The monoisotopic (exact) mass is 388 g/mol. The molecule has 146 valence electrons. The number of carbonyl (C=O) groups is 1. The summed E-state index contributed by atoms with van der Waals surface area (Å²) in [5, 5.41) is 14.4. The molecule has 0 spiro atoms. The Bertz CT molecular complexity index is 1130. The number of benzene rings is 1. The molecule has 0 saturated heterocycles. The summed E-state index contributed by atoms with van der Waals surface area (Å²) in [6.45, 7) is 1.97. The second kappa shape index (κ2) is 7.93. The van der Waals surface area contributed by atoms with Crippen LogP contribution in [0.25, 0.3) is 16.9 Å². The van der Waals surface area contributed by atoms with Crippen molar-refractivity contribution in [1.82, 2.24) is 29.5 Å². The van der Waals surface area contributed by atoms with Gasteiger partial charge >= 0.3 is 0 Å². The highest BCUT2D eigenvalue weighted by Crippen LogP contribution is 2.19. The van der Waals surface area contributed by atoms with Crippen LogP contribution in [-0.2, 0) is 11.3 Å². The van der Waals surface area contributed by atoms with E-state index in [-0.39, 0.29) is 12.5 Å². The van der Waals surface area contributed by atoms with Crippen LogP contribution in [0.5, 0.6) is 0 Å². The third kappa shape index (κ3) is 4.13. The molecule has 3 heterocycles. The molecule has 0 fully saturated rings. The summed E-state index contributed by atoms with van der Waals surface area (Å²) in [5.74, 6) is 0.936. The summed E-state index contributed by atoms with van der Waals surface area (Å²) < 4.78 is 3.25. The minimum Gasteiger partial charge on any atom is -0.357 e. The molecule has 0 radical (unpaired) electrons. The molecule has 0 aliphatic rings. The highest BCUT2D eigenvalue weighted by atomic mass is 16.2. The van der Waals surface area contributed by atoms with Gasteiger partial charge in [0.1, 0.15) is 12.4 Å². The van der Waals surface area contributed by atoms with Crippen molar-refractivity contribution in [2.75, 3.05) is 17.7 Å². The van der Waals surface area contributed by atoms with Crippen LogP contribution in [0.15, 0.2) is 61.1 Å². The summed E-state index contributed by atoms with van der Waals surface area (Å²) in [4.78, 5) is 21.2. The molecular formula is C20H20N8O. The van der Waals surface area contributed by atoms with E-state index in [1.54, 1.807) is 41.1 Å². The average Bonchev–Trinajstić information content (AvgIpc) is 3.38. The molecule has 1 amide bonds. The number of nitrogens with zero attached hydrogens (tertiary/aromatic N) is 6. The molecule has 0 aliphatic heterocycles. The molecule has 0 aliphatic carbocycles. The van der Waals surface area contributed by atoms with E-state index >= 15 is 0 Å².